The Labute approximate surface area is 143 Å². The smallest absolute Gasteiger partial charge is 0.247 e. The predicted molar refractivity (Wildman–Crippen MR) is 94.4 cm³/mol. The van der Waals surface area contributed by atoms with Crippen molar-refractivity contribution in [3.63, 3.8) is 0 Å². The van der Waals surface area contributed by atoms with Crippen molar-refractivity contribution >= 4 is 38.1 Å². The van der Waals surface area contributed by atoms with Crippen LogP contribution in [0.25, 0.3) is 11.0 Å². The number of benzene rings is 1. The van der Waals surface area contributed by atoms with Gasteiger partial charge < -0.3 is 0 Å². The van der Waals surface area contributed by atoms with Crippen LogP contribution in [0.2, 0.25) is 0 Å². The number of aromatic nitrogens is 2. The third-order valence-corrected chi connectivity index (χ3v) is 5.83. The van der Waals surface area contributed by atoms with Crippen molar-refractivity contribution in [2.75, 3.05) is 6.26 Å². The summed E-state index contributed by atoms with van der Waals surface area (Å²) in [6.45, 7) is 0. The maximum atomic E-state index is 12.2. The van der Waals surface area contributed by atoms with Crippen molar-refractivity contribution in [2.45, 2.75) is 12.5 Å². The Hall–Kier alpha value is -2.32. The predicted octanol–water partition coefficient (Wildman–Crippen LogP) is 2.80. The second-order valence-corrected chi connectivity index (χ2v) is 8.37. The van der Waals surface area contributed by atoms with E-state index in [-0.39, 0.29) is 6.04 Å². The molecule has 6 nitrogen and oxygen atoms in total. The topological polar surface area (TPSA) is 75.5 Å². The summed E-state index contributed by atoms with van der Waals surface area (Å²) in [4.78, 5) is 9.55. The molecule has 1 aliphatic rings. The molecule has 0 saturated heterocycles. The van der Waals surface area contributed by atoms with E-state index in [1.165, 1.54) is 10.7 Å². The Morgan fingerprint density at radius 2 is 1.96 bits per heavy atom. The Kier molecular flexibility index (Phi) is 3.58. The van der Waals surface area contributed by atoms with E-state index in [0.717, 1.165) is 27.2 Å². The highest BCUT2D eigenvalue weighted by Gasteiger charge is 2.34. The molecule has 8 heteroatoms. The van der Waals surface area contributed by atoms with Gasteiger partial charge in [0.25, 0.3) is 0 Å². The molecular weight excluding hydrogens is 344 g/mol. The summed E-state index contributed by atoms with van der Waals surface area (Å²) in [5, 5.41) is 6.34. The van der Waals surface area contributed by atoms with E-state index in [2.05, 4.69) is 15.1 Å². The summed E-state index contributed by atoms with van der Waals surface area (Å²) in [5.74, 6) is 0. The van der Waals surface area contributed by atoms with Gasteiger partial charge >= 0.3 is 0 Å². The van der Waals surface area contributed by atoms with E-state index in [9.17, 15) is 8.42 Å². The highest BCUT2D eigenvalue weighted by molar-refractivity contribution is 7.88. The van der Waals surface area contributed by atoms with Gasteiger partial charge in [-0.05, 0) is 29.1 Å². The molecule has 2 aromatic heterocycles. The first-order chi connectivity index (χ1) is 11.5. The fourth-order valence-electron chi connectivity index (χ4n) is 2.82. The minimum atomic E-state index is -3.46. The van der Waals surface area contributed by atoms with Gasteiger partial charge in [-0.1, -0.05) is 12.1 Å². The third kappa shape index (κ3) is 2.67. The highest BCUT2D eigenvalue weighted by Crippen LogP contribution is 2.36. The summed E-state index contributed by atoms with van der Waals surface area (Å²) in [6, 6.07) is 9.18. The number of sulfonamides is 1. The van der Waals surface area contributed by atoms with Crippen LogP contribution in [0.1, 0.15) is 22.9 Å². The van der Waals surface area contributed by atoms with Gasteiger partial charge in [-0.15, -0.1) is 11.3 Å². The maximum Gasteiger partial charge on any atom is 0.247 e. The number of hydrazone groups is 1. The van der Waals surface area contributed by atoms with Crippen LogP contribution < -0.4 is 0 Å². The average Bonchev–Trinajstić information content (AvgIpc) is 3.23. The molecule has 1 aromatic carbocycles. The minimum Gasteiger partial charge on any atom is -0.253 e. The number of thiophene rings is 1. The van der Waals surface area contributed by atoms with Crippen molar-refractivity contribution in [3.8, 4) is 0 Å². The van der Waals surface area contributed by atoms with Crippen LogP contribution in [-0.4, -0.2) is 34.8 Å². The normalized spacial score (nSPS) is 18.1. The van der Waals surface area contributed by atoms with Gasteiger partial charge in [0.2, 0.25) is 10.0 Å². The molecule has 0 unspecified atom stereocenters. The van der Waals surface area contributed by atoms with Gasteiger partial charge in [0.15, 0.2) is 0 Å². The summed E-state index contributed by atoms with van der Waals surface area (Å²) in [6.07, 6.45) is 4.99. The van der Waals surface area contributed by atoms with Gasteiger partial charge in [0.05, 0.1) is 33.9 Å². The minimum absolute atomic E-state index is 0.358. The van der Waals surface area contributed by atoms with Crippen molar-refractivity contribution in [2.24, 2.45) is 5.10 Å². The largest absolute Gasteiger partial charge is 0.253 e. The van der Waals surface area contributed by atoms with Crippen molar-refractivity contribution in [1.29, 1.82) is 0 Å². The molecule has 0 fully saturated rings. The van der Waals surface area contributed by atoms with Crippen LogP contribution in [0.15, 0.2) is 53.2 Å². The van der Waals surface area contributed by atoms with Crippen molar-refractivity contribution in [3.05, 3.63) is 58.5 Å². The number of nitrogens with zero attached hydrogens (tertiary/aromatic N) is 4. The first kappa shape index (κ1) is 15.2. The number of rotatable bonds is 3. The fraction of sp³-hybridized carbons (Fsp3) is 0.188. The van der Waals surface area contributed by atoms with Gasteiger partial charge in [-0.2, -0.15) is 9.52 Å². The third-order valence-electron chi connectivity index (χ3n) is 3.90. The van der Waals surface area contributed by atoms with Crippen LogP contribution in [0, 0.1) is 0 Å². The van der Waals surface area contributed by atoms with Crippen LogP contribution in [-0.2, 0) is 10.0 Å². The first-order valence-corrected chi connectivity index (χ1v) is 10.1. The molecule has 0 amide bonds. The van der Waals surface area contributed by atoms with Crippen LogP contribution in [0.3, 0.4) is 0 Å². The molecule has 0 spiro atoms. The van der Waals surface area contributed by atoms with Gasteiger partial charge in [-0.3, -0.25) is 9.97 Å². The van der Waals surface area contributed by atoms with E-state index in [1.54, 1.807) is 23.7 Å². The molecule has 3 aromatic rings. The molecule has 122 valence electrons. The van der Waals surface area contributed by atoms with Crippen molar-refractivity contribution < 1.29 is 8.42 Å². The van der Waals surface area contributed by atoms with Gasteiger partial charge in [-0.25, -0.2) is 8.42 Å². The Bertz CT molecular complexity index is 1030. The van der Waals surface area contributed by atoms with Gasteiger partial charge in [0, 0.05) is 18.8 Å². The molecule has 0 bridgehead atoms. The zero-order valence-corrected chi connectivity index (χ0v) is 14.5. The molecule has 0 saturated carbocycles. The lowest BCUT2D eigenvalue weighted by atomic mass is 10.0. The Balaban J connectivity index is 1.78. The second-order valence-electron chi connectivity index (χ2n) is 5.58. The lowest BCUT2D eigenvalue weighted by Crippen LogP contribution is -2.25. The summed E-state index contributed by atoms with van der Waals surface area (Å²) in [7, 11) is -3.46. The van der Waals surface area contributed by atoms with Crippen LogP contribution in [0.4, 0.5) is 0 Å². The summed E-state index contributed by atoms with van der Waals surface area (Å²) >= 11 is 1.56. The molecule has 24 heavy (non-hydrogen) atoms. The molecule has 4 rings (SSSR count). The zero-order valence-electron chi connectivity index (χ0n) is 12.8. The maximum absolute atomic E-state index is 12.2. The molecule has 0 N–H and O–H groups in total. The summed E-state index contributed by atoms with van der Waals surface area (Å²) < 4.78 is 25.6. The highest BCUT2D eigenvalue weighted by atomic mass is 32.2. The van der Waals surface area contributed by atoms with E-state index >= 15 is 0 Å². The van der Waals surface area contributed by atoms with E-state index < -0.39 is 10.0 Å². The molecular formula is C16H14N4O2S2. The lowest BCUT2D eigenvalue weighted by Gasteiger charge is -2.21. The summed E-state index contributed by atoms with van der Waals surface area (Å²) in [5.41, 5.74) is 3.18. The van der Waals surface area contributed by atoms with E-state index in [0.29, 0.717) is 6.42 Å². The molecule has 1 aliphatic heterocycles. The molecule has 0 radical (unpaired) electrons. The average molecular weight is 358 g/mol. The molecule has 1 atom stereocenters. The first-order valence-electron chi connectivity index (χ1n) is 7.34. The quantitative estimate of drug-likeness (QED) is 0.721. The monoisotopic (exact) mass is 358 g/mol. The Morgan fingerprint density at radius 1 is 1.17 bits per heavy atom. The van der Waals surface area contributed by atoms with Crippen LogP contribution in [0.5, 0.6) is 0 Å². The fourth-order valence-corrected chi connectivity index (χ4v) is 4.45. The SMILES string of the molecule is CS(=O)(=O)N1N=C(c2cccs2)C[C@H]1c1ccc2nccnc2c1. The zero-order chi connectivity index (χ0) is 16.7. The van der Waals surface area contributed by atoms with E-state index in [1.807, 2.05) is 35.7 Å². The Morgan fingerprint density at radius 3 is 2.67 bits per heavy atom. The van der Waals surface area contributed by atoms with Crippen LogP contribution >= 0.6 is 11.3 Å². The lowest BCUT2D eigenvalue weighted by molar-refractivity contribution is 0.375. The number of hydrogen-bond acceptors (Lipinski definition) is 6. The number of hydrogen-bond donors (Lipinski definition) is 0. The molecule has 0 aliphatic carbocycles. The van der Waals surface area contributed by atoms with Gasteiger partial charge in [0.1, 0.15) is 0 Å². The second kappa shape index (κ2) is 5.64. The number of fused-ring (bicyclic) bond motifs is 1. The molecule has 3 heterocycles. The van der Waals surface area contributed by atoms with Crippen molar-refractivity contribution in [1.82, 2.24) is 14.4 Å². The standard InChI is InChI=1S/C16H14N4O2S2/c1-24(21,22)20-15(10-14(19-20)16-3-2-8-23-16)11-4-5-12-13(9-11)18-7-6-17-12/h2-9,15H,10H2,1H3/t15-/m0/s1. The van der Waals surface area contributed by atoms with E-state index in [4.69, 9.17) is 0 Å².